The molecule has 0 aliphatic carbocycles. The van der Waals surface area contributed by atoms with Crippen LogP contribution in [0.2, 0.25) is 0 Å². The lowest BCUT2D eigenvalue weighted by Crippen LogP contribution is -2.25. The number of hydrogen-bond donors (Lipinski definition) is 0. The molecule has 1 fully saturated rings. The molecule has 1 aliphatic heterocycles. The van der Waals surface area contributed by atoms with Crippen molar-refractivity contribution in [1.82, 2.24) is 24.4 Å². The summed E-state index contributed by atoms with van der Waals surface area (Å²) in [5, 5.41) is 8.69. The predicted octanol–water partition coefficient (Wildman–Crippen LogP) is 3.24. The van der Waals surface area contributed by atoms with E-state index in [4.69, 9.17) is 4.52 Å². The van der Waals surface area contributed by atoms with Crippen LogP contribution in [0, 0.1) is 34.6 Å². The van der Waals surface area contributed by atoms with Crippen molar-refractivity contribution in [3.8, 4) is 5.82 Å². The van der Waals surface area contributed by atoms with Gasteiger partial charge in [-0.1, -0.05) is 5.16 Å². The average molecular weight is 486 g/mol. The molecule has 182 valence electrons. The highest BCUT2D eigenvalue weighted by Gasteiger charge is 2.31. The number of hydrogen-bond acceptors (Lipinski definition) is 6. The van der Waals surface area contributed by atoms with Crippen LogP contribution in [0.5, 0.6) is 0 Å². The van der Waals surface area contributed by atoms with Crippen LogP contribution in [0.4, 0.5) is 0 Å². The number of carbonyl (C=O) groups excluding carboxylic acids is 1. The number of aromatic nitrogens is 4. The molecule has 0 spiro atoms. The lowest BCUT2D eigenvalue weighted by molar-refractivity contribution is -0.125. The zero-order valence-corrected chi connectivity index (χ0v) is 21.3. The summed E-state index contributed by atoms with van der Waals surface area (Å²) in [7, 11) is -1.25. The molecule has 0 saturated carbocycles. The third-order valence-electron chi connectivity index (χ3n) is 6.52. The number of rotatable bonds is 6. The molecule has 34 heavy (non-hydrogen) atoms. The molecular formula is C24H31N5O4S. The van der Waals surface area contributed by atoms with Gasteiger partial charge in [0.2, 0.25) is 5.91 Å². The molecule has 3 aromatic heterocycles. The summed E-state index contributed by atoms with van der Waals surface area (Å²) in [6, 6.07) is 3.75. The van der Waals surface area contributed by atoms with E-state index in [9.17, 15) is 13.2 Å². The highest BCUT2D eigenvalue weighted by atomic mass is 32.2. The fraction of sp³-hybridized carbons (Fsp3) is 0.458. The maximum Gasteiger partial charge on any atom is 0.246 e. The third kappa shape index (κ3) is 4.59. The Morgan fingerprint density at radius 2 is 1.94 bits per heavy atom. The van der Waals surface area contributed by atoms with Gasteiger partial charge >= 0.3 is 0 Å². The first-order valence-electron chi connectivity index (χ1n) is 11.3. The van der Waals surface area contributed by atoms with Crippen molar-refractivity contribution in [3.05, 3.63) is 57.9 Å². The van der Waals surface area contributed by atoms with Crippen LogP contribution in [-0.2, 0) is 21.2 Å². The van der Waals surface area contributed by atoms with E-state index < -0.39 is 9.84 Å². The standard InChI is InChI=1S/C24H31N5O4S/c1-15-11-20(18(4)28(15)23-12-16(2)33-26-23)7-8-24(30)27(6)13-22-17(3)25-29(19(22)5)21-9-10-34(31,32)14-21/h7-8,11-12,21H,9-10,13-14H2,1-6H3/b8-7+. The summed E-state index contributed by atoms with van der Waals surface area (Å²) >= 11 is 0. The third-order valence-corrected chi connectivity index (χ3v) is 8.27. The number of aryl methyl sites for hydroxylation is 3. The molecule has 1 amide bonds. The summed E-state index contributed by atoms with van der Waals surface area (Å²) in [6.07, 6.45) is 3.96. The van der Waals surface area contributed by atoms with Crippen molar-refractivity contribution in [2.75, 3.05) is 18.6 Å². The fourth-order valence-corrected chi connectivity index (χ4v) is 6.31. The molecule has 1 aliphatic rings. The molecule has 1 saturated heterocycles. The Hall–Kier alpha value is -3.14. The largest absolute Gasteiger partial charge is 0.360 e. The lowest BCUT2D eigenvalue weighted by atomic mass is 10.1. The highest BCUT2D eigenvalue weighted by Crippen LogP contribution is 2.27. The van der Waals surface area contributed by atoms with Crippen LogP contribution in [0.1, 0.15) is 52.1 Å². The zero-order valence-electron chi connectivity index (χ0n) is 20.5. The number of likely N-dealkylation sites (N-methyl/N-ethyl adjacent to an activating group) is 1. The fourth-order valence-electron chi connectivity index (χ4n) is 4.62. The Kier molecular flexibility index (Phi) is 6.28. The Bertz CT molecular complexity index is 1380. The van der Waals surface area contributed by atoms with E-state index in [0.29, 0.717) is 18.8 Å². The molecule has 10 heteroatoms. The monoisotopic (exact) mass is 485 g/mol. The minimum absolute atomic E-state index is 0.123. The SMILES string of the molecule is Cc1cc(-n2c(C)cc(/C=C/C(=O)N(C)Cc3c(C)nn(C4CCS(=O)(=O)C4)c3C)c2C)no1. The zero-order chi connectivity index (χ0) is 24.8. The molecule has 3 aromatic rings. The molecule has 4 heterocycles. The average Bonchev–Trinajstić information content (AvgIpc) is 3.49. The van der Waals surface area contributed by atoms with Crippen LogP contribution >= 0.6 is 0 Å². The summed E-state index contributed by atoms with van der Waals surface area (Å²) in [5.41, 5.74) is 5.58. The molecule has 0 aromatic carbocycles. The Morgan fingerprint density at radius 1 is 1.21 bits per heavy atom. The van der Waals surface area contributed by atoms with E-state index in [1.54, 1.807) is 18.0 Å². The summed E-state index contributed by atoms with van der Waals surface area (Å²) in [5.74, 6) is 1.65. The minimum atomic E-state index is -3.00. The van der Waals surface area contributed by atoms with Crippen molar-refractivity contribution < 1.29 is 17.7 Å². The molecule has 9 nitrogen and oxygen atoms in total. The molecule has 0 N–H and O–H groups in total. The van der Waals surface area contributed by atoms with Crippen LogP contribution in [0.25, 0.3) is 11.9 Å². The van der Waals surface area contributed by atoms with E-state index in [1.165, 1.54) is 0 Å². The van der Waals surface area contributed by atoms with Gasteiger partial charge in [0, 0.05) is 48.4 Å². The smallest absolute Gasteiger partial charge is 0.246 e. The van der Waals surface area contributed by atoms with E-state index in [1.807, 2.05) is 62.1 Å². The number of carbonyl (C=O) groups is 1. The van der Waals surface area contributed by atoms with E-state index in [0.717, 1.165) is 39.7 Å². The number of sulfone groups is 1. The van der Waals surface area contributed by atoms with Gasteiger partial charge in [0.05, 0.1) is 23.2 Å². The quantitative estimate of drug-likeness (QED) is 0.497. The molecular weight excluding hydrogens is 454 g/mol. The maximum absolute atomic E-state index is 12.9. The second kappa shape index (κ2) is 8.90. The van der Waals surface area contributed by atoms with E-state index in [2.05, 4.69) is 10.3 Å². The summed E-state index contributed by atoms with van der Waals surface area (Å²) in [6.45, 7) is 10.1. The second-order valence-corrected chi connectivity index (χ2v) is 11.4. The van der Waals surface area contributed by atoms with E-state index >= 15 is 0 Å². The molecule has 0 bridgehead atoms. The van der Waals surface area contributed by atoms with Crippen molar-refractivity contribution in [3.63, 3.8) is 0 Å². The van der Waals surface area contributed by atoms with Crippen molar-refractivity contribution in [2.45, 2.75) is 53.6 Å². The highest BCUT2D eigenvalue weighted by molar-refractivity contribution is 7.91. The van der Waals surface area contributed by atoms with Gasteiger partial charge in [0.25, 0.3) is 0 Å². The first-order valence-corrected chi connectivity index (χ1v) is 13.1. The second-order valence-electron chi connectivity index (χ2n) is 9.14. The Labute approximate surface area is 199 Å². The normalized spacial score (nSPS) is 17.6. The summed E-state index contributed by atoms with van der Waals surface area (Å²) < 4.78 is 32.8. The first-order chi connectivity index (χ1) is 16.0. The van der Waals surface area contributed by atoms with Gasteiger partial charge in [0.1, 0.15) is 5.76 Å². The number of amides is 1. The van der Waals surface area contributed by atoms with Gasteiger partial charge in [-0.05, 0) is 58.7 Å². The molecule has 1 atom stereocenters. The van der Waals surface area contributed by atoms with Gasteiger partial charge < -0.3 is 9.42 Å². The van der Waals surface area contributed by atoms with Crippen molar-refractivity contribution in [1.29, 1.82) is 0 Å². The molecule has 4 rings (SSSR count). The predicted molar refractivity (Wildman–Crippen MR) is 130 cm³/mol. The minimum Gasteiger partial charge on any atom is -0.360 e. The van der Waals surface area contributed by atoms with Crippen LogP contribution in [-0.4, -0.2) is 57.3 Å². The Balaban J connectivity index is 1.48. The van der Waals surface area contributed by atoms with Crippen molar-refractivity contribution in [2.24, 2.45) is 0 Å². The Morgan fingerprint density at radius 3 is 2.56 bits per heavy atom. The first kappa shape index (κ1) is 24.0. The summed E-state index contributed by atoms with van der Waals surface area (Å²) in [4.78, 5) is 14.5. The van der Waals surface area contributed by atoms with Crippen molar-refractivity contribution >= 4 is 21.8 Å². The van der Waals surface area contributed by atoms with Gasteiger partial charge in [-0.15, -0.1) is 0 Å². The van der Waals surface area contributed by atoms with Crippen LogP contribution in [0.15, 0.2) is 22.7 Å². The number of nitrogens with zero attached hydrogens (tertiary/aromatic N) is 5. The topological polar surface area (TPSA) is 103 Å². The lowest BCUT2D eigenvalue weighted by Gasteiger charge is -2.16. The maximum atomic E-state index is 12.9. The molecule has 1 unspecified atom stereocenters. The van der Waals surface area contributed by atoms with Gasteiger partial charge in [-0.3, -0.25) is 14.0 Å². The molecule has 0 radical (unpaired) electrons. The van der Waals surface area contributed by atoms with Crippen LogP contribution in [0.3, 0.4) is 0 Å². The van der Waals surface area contributed by atoms with Gasteiger partial charge in [-0.25, -0.2) is 8.42 Å². The van der Waals surface area contributed by atoms with E-state index in [-0.39, 0.29) is 23.5 Å². The van der Waals surface area contributed by atoms with Gasteiger partial charge in [0.15, 0.2) is 15.7 Å². The van der Waals surface area contributed by atoms with Gasteiger partial charge in [-0.2, -0.15) is 5.10 Å². The van der Waals surface area contributed by atoms with Crippen LogP contribution < -0.4 is 0 Å².